The second-order valence-corrected chi connectivity index (χ2v) is 6.62. The minimum atomic E-state index is -0.427. The van der Waals surface area contributed by atoms with Gasteiger partial charge in [0.05, 0.1) is 16.1 Å². The Morgan fingerprint density at radius 1 is 0.857 bits per heavy atom. The van der Waals surface area contributed by atoms with Crippen LogP contribution in [0.1, 0.15) is 82.8 Å². The van der Waals surface area contributed by atoms with Gasteiger partial charge in [0.2, 0.25) is 0 Å². The highest BCUT2D eigenvalue weighted by Crippen LogP contribution is 2.27. The Morgan fingerprint density at radius 3 is 2.00 bits per heavy atom. The van der Waals surface area contributed by atoms with Crippen LogP contribution in [0, 0.1) is 0 Å². The van der Waals surface area contributed by atoms with Gasteiger partial charge in [-0.25, -0.2) is 0 Å². The first kappa shape index (κ1) is 18.8. The summed E-state index contributed by atoms with van der Waals surface area (Å²) in [4.78, 5) is 0. The largest absolute Gasteiger partial charge is 0.388 e. The quantitative estimate of drug-likeness (QED) is 0.435. The van der Waals surface area contributed by atoms with Crippen molar-refractivity contribution in [2.24, 2.45) is 0 Å². The van der Waals surface area contributed by atoms with E-state index in [2.05, 4.69) is 6.92 Å². The fraction of sp³-hybridized carbons (Fsp3) is 0.667. The molecule has 0 aliphatic rings. The minimum Gasteiger partial charge on any atom is -0.388 e. The van der Waals surface area contributed by atoms with Crippen LogP contribution in [0.2, 0.25) is 10.0 Å². The molecule has 1 unspecified atom stereocenters. The number of rotatable bonds is 11. The first-order valence-electron chi connectivity index (χ1n) is 8.28. The summed E-state index contributed by atoms with van der Waals surface area (Å²) in [5.41, 5.74) is 0.865. The maximum atomic E-state index is 10.1. The normalized spacial score (nSPS) is 12.6. The molecular weight excluding hydrogens is 303 g/mol. The van der Waals surface area contributed by atoms with Crippen molar-refractivity contribution >= 4 is 23.2 Å². The van der Waals surface area contributed by atoms with Crippen LogP contribution in [0.25, 0.3) is 0 Å². The van der Waals surface area contributed by atoms with E-state index >= 15 is 0 Å². The van der Waals surface area contributed by atoms with E-state index in [0.717, 1.165) is 18.4 Å². The van der Waals surface area contributed by atoms with Gasteiger partial charge in [0.15, 0.2) is 0 Å². The SMILES string of the molecule is CCCCCCCCCCCC(O)c1ccc(Cl)c(Cl)c1. The van der Waals surface area contributed by atoms with Gasteiger partial charge in [0.1, 0.15) is 0 Å². The Bertz CT molecular complexity index is 393. The van der Waals surface area contributed by atoms with Crippen molar-refractivity contribution in [3.05, 3.63) is 33.8 Å². The summed E-state index contributed by atoms with van der Waals surface area (Å²) in [5, 5.41) is 11.2. The van der Waals surface area contributed by atoms with Crippen LogP contribution < -0.4 is 0 Å². The second-order valence-electron chi connectivity index (χ2n) is 5.81. The van der Waals surface area contributed by atoms with Crippen molar-refractivity contribution in [1.82, 2.24) is 0 Å². The summed E-state index contributed by atoms with van der Waals surface area (Å²) >= 11 is 11.8. The van der Waals surface area contributed by atoms with E-state index in [0.29, 0.717) is 10.0 Å². The Hall–Kier alpha value is -0.240. The third-order valence-electron chi connectivity index (χ3n) is 3.91. The highest BCUT2D eigenvalue weighted by Gasteiger charge is 2.09. The molecule has 0 aliphatic carbocycles. The average Bonchev–Trinajstić information content (AvgIpc) is 2.48. The number of hydrogen-bond donors (Lipinski definition) is 1. The summed E-state index contributed by atoms with van der Waals surface area (Å²) in [7, 11) is 0. The standard InChI is InChI=1S/C18H28Cl2O/c1-2-3-4-5-6-7-8-9-10-11-18(21)15-12-13-16(19)17(20)14-15/h12-14,18,21H,2-11H2,1H3. The molecule has 3 heteroatoms. The molecule has 0 spiro atoms. The summed E-state index contributed by atoms with van der Waals surface area (Å²) < 4.78 is 0. The summed E-state index contributed by atoms with van der Waals surface area (Å²) in [5.74, 6) is 0. The van der Waals surface area contributed by atoms with Crippen LogP contribution in [0.3, 0.4) is 0 Å². The number of aliphatic hydroxyl groups excluding tert-OH is 1. The fourth-order valence-electron chi connectivity index (χ4n) is 2.53. The number of halogens is 2. The Balaban J connectivity index is 2.08. The van der Waals surface area contributed by atoms with Crippen LogP contribution in [-0.2, 0) is 0 Å². The monoisotopic (exact) mass is 330 g/mol. The van der Waals surface area contributed by atoms with E-state index < -0.39 is 6.10 Å². The van der Waals surface area contributed by atoms with Gasteiger partial charge in [-0.3, -0.25) is 0 Å². The molecule has 0 aromatic heterocycles. The molecule has 0 amide bonds. The molecule has 0 radical (unpaired) electrons. The first-order chi connectivity index (χ1) is 10.1. The van der Waals surface area contributed by atoms with Crippen molar-refractivity contribution in [2.45, 2.75) is 77.2 Å². The molecule has 0 aliphatic heterocycles. The number of hydrogen-bond acceptors (Lipinski definition) is 1. The van der Waals surface area contributed by atoms with Gasteiger partial charge >= 0.3 is 0 Å². The lowest BCUT2D eigenvalue weighted by Crippen LogP contribution is -1.97. The molecule has 1 rings (SSSR count). The molecule has 0 bridgehead atoms. The predicted molar refractivity (Wildman–Crippen MR) is 93.3 cm³/mol. The van der Waals surface area contributed by atoms with Crippen molar-refractivity contribution in [3.8, 4) is 0 Å². The van der Waals surface area contributed by atoms with Gasteiger partial charge < -0.3 is 5.11 Å². The lowest BCUT2D eigenvalue weighted by atomic mass is 10.0. The highest BCUT2D eigenvalue weighted by molar-refractivity contribution is 6.42. The number of benzene rings is 1. The van der Waals surface area contributed by atoms with E-state index in [1.807, 2.05) is 6.07 Å². The minimum absolute atomic E-state index is 0.427. The molecular formula is C18H28Cl2O. The van der Waals surface area contributed by atoms with Crippen LogP contribution >= 0.6 is 23.2 Å². The second kappa shape index (κ2) is 11.3. The lowest BCUT2D eigenvalue weighted by Gasteiger charge is -2.11. The topological polar surface area (TPSA) is 20.2 Å². The zero-order valence-corrected chi connectivity index (χ0v) is 14.6. The molecule has 0 saturated heterocycles. The molecule has 1 aromatic carbocycles. The maximum Gasteiger partial charge on any atom is 0.0790 e. The third-order valence-corrected chi connectivity index (χ3v) is 4.65. The van der Waals surface area contributed by atoms with Crippen LogP contribution in [0.4, 0.5) is 0 Å². The van der Waals surface area contributed by atoms with Gasteiger partial charge in [-0.2, -0.15) is 0 Å². The number of aliphatic hydroxyl groups is 1. The summed E-state index contributed by atoms with van der Waals surface area (Å²) in [6.45, 7) is 2.25. The lowest BCUT2D eigenvalue weighted by molar-refractivity contribution is 0.163. The molecule has 0 heterocycles. The molecule has 1 N–H and O–H groups in total. The predicted octanol–water partition coefficient (Wildman–Crippen LogP) is 6.95. The van der Waals surface area contributed by atoms with Gasteiger partial charge in [-0.05, 0) is 24.1 Å². The molecule has 1 nitrogen and oxygen atoms in total. The zero-order valence-electron chi connectivity index (χ0n) is 13.1. The van der Waals surface area contributed by atoms with Gasteiger partial charge in [-0.1, -0.05) is 94.0 Å². The Labute approximate surface area is 139 Å². The van der Waals surface area contributed by atoms with Crippen LogP contribution in [-0.4, -0.2) is 5.11 Å². The van der Waals surface area contributed by atoms with Crippen molar-refractivity contribution < 1.29 is 5.11 Å². The first-order valence-corrected chi connectivity index (χ1v) is 9.03. The van der Waals surface area contributed by atoms with E-state index in [1.165, 1.54) is 51.4 Å². The Kier molecular flexibility index (Phi) is 10.2. The van der Waals surface area contributed by atoms with Crippen LogP contribution in [0.15, 0.2) is 18.2 Å². The van der Waals surface area contributed by atoms with Crippen LogP contribution in [0.5, 0.6) is 0 Å². The zero-order chi connectivity index (χ0) is 15.5. The van der Waals surface area contributed by atoms with Gasteiger partial charge in [-0.15, -0.1) is 0 Å². The van der Waals surface area contributed by atoms with E-state index in [9.17, 15) is 5.11 Å². The third kappa shape index (κ3) is 8.09. The molecule has 0 fully saturated rings. The van der Waals surface area contributed by atoms with E-state index in [1.54, 1.807) is 12.1 Å². The van der Waals surface area contributed by atoms with Crippen molar-refractivity contribution in [2.75, 3.05) is 0 Å². The summed E-state index contributed by atoms with van der Waals surface area (Å²) in [6, 6.07) is 5.37. The molecule has 21 heavy (non-hydrogen) atoms. The molecule has 1 aromatic rings. The average molecular weight is 331 g/mol. The molecule has 120 valence electrons. The molecule has 0 saturated carbocycles. The number of unbranched alkanes of at least 4 members (excludes halogenated alkanes) is 8. The highest BCUT2D eigenvalue weighted by atomic mass is 35.5. The van der Waals surface area contributed by atoms with Crippen molar-refractivity contribution in [1.29, 1.82) is 0 Å². The fourth-order valence-corrected chi connectivity index (χ4v) is 2.84. The van der Waals surface area contributed by atoms with Crippen molar-refractivity contribution in [3.63, 3.8) is 0 Å². The van der Waals surface area contributed by atoms with E-state index in [4.69, 9.17) is 23.2 Å². The summed E-state index contributed by atoms with van der Waals surface area (Å²) in [6.07, 6.45) is 12.0. The molecule has 1 atom stereocenters. The van der Waals surface area contributed by atoms with Gasteiger partial charge in [0, 0.05) is 0 Å². The van der Waals surface area contributed by atoms with Gasteiger partial charge in [0.25, 0.3) is 0 Å². The maximum absolute atomic E-state index is 10.1. The Morgan fingerprint density at radius 2 is 1.43 bits per heavy atom. The smallest absolute Gasteiger partial charge is 0.0790 e. The van der Waals surface area contributed by atoms with E-state index in [-0.39, 0.29) is 0 Å².